The Balaban J connectivity index is 1.20. The van der Waals surface area contributed by atoms with Crippen molar-refractivity contribution in [2.45, 2.75) is 32.2 Å². The third-order valence-corrected chi connectivity index (χ3v) is 8.31. The number of hydrogen-bond donors (Lipinski definition) is 3. The summed E-state index contributed by atoms with van der Waals surface area (Å²) in [7, 11) is 2.13. The predicted molar refractivity (Wildman–Crippen MR) is 153 cm³/mol. The molecule has 1 aliphatic heterocycles. The Labute approximate surface area is 231 Å². The lowest BCUT2D eigenvalue weighted by molar-refractivity contribution is 0.313. The van der Waals surface area contributed by atoms with E-state index >= 15 is 4.39 Å². The van der Waals surface area contributed by atoms with Gasteiger partial charge in [0, 0.05) is 68.6 Å². The molecular formula is C29H33FN10. The number of aromatic amines is 2. The Kier molecular flexibility index (Phi) is 6.60. The van der Waals surface area contributed by atoms with Gasteiger partial charge in [0.2, 0.25) is 0 Å². The molecule has 0 amide bonds. The number of fused-ring (bicyclic) bond motifs is 2. The zero-order valence-electron chi connectivity index (χ0n) is 22.6. The van der Waals surface area contributed by atoms with Gasteiger partial charge in [0.25, 0.3) is 0 Å². The monoisotopic (exact) mass is 540 g/mol. The summed E-state index contributed by atoms with van der Waals surface area (Å²) in [5.41, 5.74) is 5.29. The van der Waals surface area contributed by atoms with Crippen LogP contribution < -0.4 is 10.2 Å². The Bertz CT molecular complexity index is 1650. The molecule has 1 saturated heterocycles. The standard InChI is InChI=1S/C29H33FN10/c1-39-8-10-40(11-9-39)22-6-7-33-28-25(22)35-29(36-28)26-23-24(30)21(17-34-27(23)38-37-26)20-12-19(15-32-16-20)14-31-13-18-4-2-3-5-18/h6-7,12,15-18,31H,2-5,8-11,13-14H2,1H3,(H,33,35,36)(H,34,37,38). The summed E-state index contributed by atoms with van der Waals surface area (Å²) in [6.45, 7) is 5.52. The number of likely N-dealkylation sites (N-methyl/N-ethyl adjacent to an activating group) is 1. The fourth-order valence-electron chi connectivity index (χ4n) is 6.02. The maximum atomic E-state index is 16.2. The molecule has 0 unspecified atom stereocenters. The van der Waals surface area contributed by atoms with Crippen LogP contribution >= 0.6 is 0 Å². The number of piperazine rings is 1. The minimum Gasteiger partial charge on any atom is -0.367 e. The number of H-pyrrole nitrogens is 2. The number of nitrogens with one attached hydrogen (secondary N) is 3. The molecule has 2 aliphatic rings. The second kappa shape index (κ2) is 10.5. The van der Waals surface area contributed by atoms with Crippen molar-refractivity contribution in [2.24, 2.45) is 5.92 Å². The molecule has 7 rings (SSSR count). The van der Waals surface area contributed by atoms with Crippen LogP contribution in [0.3, 0.4) is 0 Å². The lowest BCUT2D eigenvalue weighted by Crippen LogP contribution is -2.44. The first-order valence-corrected chi connectivity index (χ1v) is 14.1. The van der Waals surface area contributed by atoms with E-state index in [1.165, 1.54) is 31.9 Å². The molecule has 10 nitrogen and oxygen atoms in total. The van der Waals surface area contributed by atoms with Crippen LogP contribution in [0, 0.1) is 11.7 Å². The molecule has 206 valence electrons. The zero-order valence-corrected chi connectivity index (χ0v) is 22.6. The first kappa shape index (κ1) is 25.0. The summed E-state index contributed by atoms with van der Waals surface area (Å²) < 4.78 is 16.2. The molecule has 5 aromatic rings. The zero-order chi connectivity index (χ0) is 27.1. The largest absolute Gasteiger partial charge is 0.367 e. The molecule has 5 aromatic heterocycles. The van der Waals surface area contributed by atoms with Crippen molar-refractivity contribution in [1.82, 2.24) is 45.3 Å². The third kappa shape index (κ3) is 4.69. The molecule has 0 aromatic carbocycles. The van der Waals surface area contributed by atoms with Gasteiger partial charge >= 0.3 is 0 Å². The van der Waals surface area contributed by atoms with Gasteiger partial charge in [-0.3, -0.25) is 10.1 Å². The number of aromatic nitrogens is 7. The molecule has 0 spiro atoms. The summed E-state index contributed by atoms with van der Waals surface area (Å²) in [6.07, 6.45) is 12.1. The van der Waals surface area contributed by atoms with Crippen LogP contribution in [0.2, 0.25) is 0 Å². The lowest BCUT2D eigenvalue weighted by atomic mass is 10.0. The second-order valence-electron chi connectivity index (χ2n) is 11.1. The van der Waals surface area contributed by atoms with E-state index in [2.05, 4.69) is 52.3 Å². The highest BCUT2D eigenvalue weighted by Gasteiger charge is 2.23. The van der Waals surface area contributed by atoms with Crippen molar-refractivity contribution in [1.29, 1.82) is 0 Å². The quantitative estimate of drug-likeness (QED) is 0.282. The maximum absolute atomic E-state index is 16.2. The average molecular weight is 541 g/mol. The number of hydrogen-bond acceptors (Lipinski definition) is 8. The maximum Gasteiger partial charge on any atom is 0.184 e. The Morgan fingerprint density at radius 1 is 1.05 bits per heavy atom. The van der Waals surface area contributed by atoms with Gasteiger partial charge in [0.15, 0.2) is 17.1 Å². The summed E-state index contributed by atoms with van der Waals surface area (Å²) in [4.78, 5) is 26.1. The smallest absolute Gasteiger partial charge is 0.184 e. The van der Waals surface area contributed by atoms with Gasteiger partial charge in [-0.1, -0.05) is 12.8 Å². The lowest BCUT2D eigenvalue weighted by Gasteiger charge is -2.34. The van der Waals surface area contributed by atoms with Crippen molar-refractivity contribution in [3.63, 3.8) is 0 Å². The first-order valence-electron chi connectivity index (χ1n) is 14.1. The van der Waals surface area contributed by atoms with Crippen LogP contribution in [0.25, 0.3) is 44.8 Å². The summed E-state index contributed by atoms with van der Waals surface area (Å²) in [5, 5.41) is 11.1. The number of imidazole rings is 1. The van der Waals surface area contributed by atoms with E-state index < -0.39 is 5.82 Å². The van der Waals surface area contributed by atoms with Gasteiger partial charge in [0.1, 0.15) is 17.0 Å². The molecule has 11 heteroatoms. The average Bonchev–Trinajstić information content (AvgIpc) is 3.73. The van der Waals surface area contributed by atoms with E-state index in [-0.39, 0.29) is 0 Å². The Morgan fingerprint density at radius 3 is 2.75 bits per heavy atom. The summed E-state index contributed by atoms with van der Waals surface area (Å²) in [6, 6.07) is 3.98. The summed E-state index contributed by atoms with van der Waals surface area (Å²) in [5.74, 6) is 0.831. The normalized spacial score (nSPS) is 17.0. The van der Waals surface area contributed by atoms with Crippen molar-refractivity contribution in [3.05, 3.63) is 48.3 Å². The molecule has 1 aliphatic carbocycles. The van der Waals surface area contributed by atoms with Crippen molar-refractivity contribution < 1.29 is 4.39 Å². The molecular weight excluding hydrogens is 507 g/mol. The third-order valence-electron chi connectivity index (χ3n) is 8.31. The van der Waals surface area contributed by atoms with E-state index in [1.807, 2.05) is 18.3 Å². The van der Waals surface area contributed by atoms with E-state index in [0.29, 0.717) is 45.9 Å². The molecule has 6 heterocycles. The van der Waals surface area contributed by atoms with E-state index in [0.717, 1.165) is 55.4 Å². The van der Waals surface area contributed by atoms with Crippen LogP contribution in [-0.4, -0.2) is 79.8 Å². The van der Waals surface area contributed by atoms with Gasteiger partial charge in [0.05, 0.1) is 11.1 Å². The van der Waals surface area contributed by atoms with Crippen molar-refractivity contribution in [2.75, 3.05) is 44.7 Å². The number of halogens is 1. The van der Waals surface area contributed by atoms with Crippen LogP contribution in [-0.2, 0) is 6.54 Å². The number of pyridine rings is 3. The number of rotatable bonds is 7. The van der Waals surface area contributed by atoms with Crippen LogP contribution in [0.15, 0.2) is 36.9 Å². The minimum atomic E-state index is -0.403. The first-order chi connectivity index (χ1) is 19.6. The fraction of sp³-hybridized carbons (Fsp3) is 0.414. The van der Waals surface area contributed by atoms with E-state index in [9.17, 15) is 0 Å². The fourth-order valence-corrected chi connectivity index (χ4v) is 6.02. The van der Waals surface area contributed by atoms with Crippen molar-refractivity contribution >= 4 is 27.9 Å². The molecule has 0 atom stereocenters. The highest BCUT2D eigenvalue weighted by atomic mass is 19.1. The number of nitrogens with zero attached hydrogens (tertiary/aromatic N) is 7. The topological polar surface area (TPSA) is 115 Å². The van der Waals surface area contributed by atoms with Gasteiger partial charge in [-0.15, -0.1) is 0 Å². The van der Waals surface area contributed by atoms with Crippen molar-refractivity contribution in [3.8, 4) is 22.6 Å². The molecule has 40 heavy (non-hydrogen) atoms. The van der Waals surface area contributed by atoms with Gasteiger partial charge < -0.3 is 20.1 Å². The van der Waals surface area contributed by atoms with Crippen LogP contribution in [0.1, 0.15) is 31.2 Å². The summed E-state index contributed by atoms with van der Waals surface area (Å²) >= 11 is 0. The van der Waals surface area contributed by atoms with Gasteiger partial charge in [-0.05, 0) is 50.0 Å². The van der Waals surface area contributed by atoms with Gasteiger partial charge in [-0.2, -0.15) is 5.10 Å². The van der Waals surface area contributed by atoms with E-state index in [1.54, 1.807) is 12.4 Å². The SMILES string of the molecule is CN1CCN(c2ccnc3nc(-c4[nH]nc5ncc(-c6cncc(CNCC7CCCC7)c6)c(F)c45)[nH]c23)CC1. The highest BCUT2D eigenvalue weighted by molar-refractivity contribution is 5.95. The Morgan fingerprint density at radius 2 is 1.90 bits per heavy atom. The Hall–Kier alpha value is -3.96. The molecule has 0 bridgehead atoms. The molecule has 3 N–H and O–H groups in total. The van der Waals surface area contributed by atoms with Crippen LogP contribution in [0.4, 0.5) is 10.1 Å². The van der Waals surface area contributed by atoms with E-state index in [4.69, 9.17) is 4.98 Å². The second-order valence-corrected chi connectivity index (χ2v) is 11.1. The van der Waals surface area contributed by atoms with Crippen LogP contribution in [0.5, 0.6) is 0 Å². The molecule has 2 fully saturated rings. The number of anilines is 1. The molecule has 0 radical (unpaired) electrons. The minimum absolute atomic E-state index is 0.294. The molecule has 1 saturated carbocycles. The predicted octanol–water partition coefficient (Wildman–Crippen LogP) is 4.13. The van der Waals surface area contributed by atoms with Gasteiger partial charge in [-0.25, -0.2) is 19.3 Å². The highest BCUT2D eigenvalue weighted by Crippen LogP contribution is 2.34.